The van der Waals surface area contributed by atoms with Crippen molar-refractivity contribution in [3.63, 3.8) is 0 Å². The molecule has 3 N–H and O–H groups in total. The first-order chi connectivity index (χ1) is 17.0. The second-order valence-electron chi connectivity index (χ2n) is 9.90. The average Bonchev–Trinajstić information content (AvgIpc) is 3.15. The monoisotopic (exact) mass is 471 g/mol. The molecule has 0 amide bonds. The molecule has 4 aromatic rings. The number of nitrogens with zero attached hydrogens (tertiary/aromatic N) is 4. The number of anilines is 2. The number of aromatic nitrogens is 4. The number of benzene rings is 1. The van der Waals surface area contributed by atoms with Crippen molar-refractivity contribution in [2.75, 3.05) is 17.7 Å². The summed E-state index contributed by atoms with van der Waals surface area (Å²) >= 11 is 0. The van der Waals surface area contributed by atoms with E-state index in [1.165, 1.54) is 30.5 Å². The molecule has 3 aliphatic rings. The fraction of sp³-hybridized carbons (Fsp3) is 0.423. The number of aliphatic imine (C=N–C) groups is 1. The Balaban J connectivity index is 1.37. The quantitative estimate of drug-likeness (QED) is 0.383. The molecule has 0 radical (unpaired) electrons. The molecule has 1 fully saturated rings. The Kier molecular flexibility index (Phi) is 4.34. The maximum absolute atomic E-state index is 5.85. The number of fused-ring (bicyclic) bond motifs is 4. The number of hydrogen-bond acceptors (Lipinski definition) is 7. The van der Waals surface area contributed by atoms with Gasteiger partial charge in [0.05, 0.1) is 35.7 Å². The van der Waals surface area contributed by atoms with E-state index < -0.39 is 0 Å². The van der Waals surface area contributed by atoms with Crippen LogP contribution in [0.15, 0.2) is 21.6 Å². The summed E-state index contributed by atoms with van der Waals surface area (Å²) in [6, 6.07) is 4.71. The Morgan fingerprint density at radius 3 is 2.77 bits per heavy atom. The summed E-state index contributed by atoms with van der Waals surface area (Å²) in [5, 5.41) is 17.4. The minimum absolute atomic E-state index is 0.0627. The average molecular weight is 472 g/mol. The predicted molar refractivity (Wildman–Crippen MR) is 136 cm³/mol. The third-order valence-corrected chi connectivity index (χ3v) is 7.40. The number of methoxy groups -OCH3 is 1. The van der Waals surface area contributed by atoms with Crippen molar-refractivity contribution in [1.29, 1.82) is 0 Å². The number of rotatable bonds is 4. The molecule has 0 saturated heterocycles. The largest absolute Gasteiger partial charge is 0.496 e. The van der Waals surface area contributed by atoms with Gasteiger partial charge in [-0.2, -0.15) is 5.10 Å². The summed E-state index contributed by atoms with van der Waals surface area (Å²) in [4.78, 5) is 8.58. The van der Waals surface area contributed by atoms with Gasteiger partial charge < -0.3 is 24.9 Å². The molecule has 180 valence electrons. The highest BCUT2D eigenvalue weighted by Crippen LogP contribution is 2.43. The van der Waals surface area contributed by atoms with Crippen LogP contribution in [-0.2, 0) is 12.8 Å². The summed E-state index contributed by atoms with van der Waals surface area (Å²) < 4.78 is 13.5. The SMILES string of the molecule is COc1cc2c3c([nH]c2cc1-c1c(C)noc1C)NC(C)N=C3Nc1c2c(nn1C1CC1)CCC2. The number of hydrogen-bond donors (Lipinski definition) is 3. The third-order valence-electron chi connectivity index (χ3n) is 7.40. The van der Waals surface area contributed by atoms with Gasteiger partial charge in [-0.15, -0.1) is 0 Å². The number of nitrogens with one attached hydrogen (secondary N) is 3. The first-order valence-electron chi connectivity index (χ1n) is 12.4. The number of aryl methyl sites for hydroxylation is 3. The van der Waals surface area contributed by atoms with E-state index in [-0.39, 0.29) is 6.17 Å². The molecule has 35 heavy (non-hydrogen) atoms. The van der Waals surface area contributed by atoms with Crippen molar-refractivity contribution in [1.82, 2.24) is 19.9 Å². The van der Waals surface area contributed by atoms with E-state index in [1.54, 1.807) is 7.11 Å². The predicted octanol–water partition coefficient (Wildman–Crippen LogP) is 5.10. The molecule has 1 atom stereocenters. The zero-order valence-corrected chi connectivity index (χ0v) is 20.5. The molecule has 9 heteroatoms. The molecule has 1 unspecified atom stereocenters. The van der Waals surface area contributed by atoms with Gasteiger partial charge in [0.25, 0.3) is 0 Å². The molecular formula is C26H29N7O2. The van der Waals surface area contributed by atoms with Crippen molar-refractivity contribution >= 4 is 28.4 Å². The van der Waals surface area contributed by atoms with Gasteiger partial charge in [0, 0.05) is 22.0 Å². The topological polar surface area (TPSA) is 105 Å². The lowest BCUT2D eigenvalue weighted by molar-refractivity contribution is 0.393. The first-order valence-corrected chi connectivity index (χ1v) is 12.4. The van der Waals surface area contributed by atoms with Crippen LogP contribution >= 0.6 is 0 Å². The van der Waals surface area contributed by atoms with E-state index in [0.29, 0.717) is 6.04 Å². The smallest absolute Gasteiger partial charge is 0.141 e. The van der Waals surface area contributed by atoms with Gasteiger partial charge in [-0.25, -0.2) is 9.67 Å². The molecular weight excluding hydrogens is 442 g/mol. The number of aromatic amines is 1. The van der Waals surface area contributed by atoms with Gasteiger partial charge in [-0.3, -0.25) is 0 Å². The Hall–Kier alpha value is -3.75. The van der Waals surface area contributed by atoms with Crippen LogP contribution < -0.4 is 15.4 Å². The van der Waals surface area contributed by atoms with Crippen molar-refractivity contribution < 1.29 is 9.26 Å². The van der Waals surface area contributed by atoms with Crippen LogP contribution in [0.25, 0.3) is 22.0 Å². The van der Waals surface area contributed by atoms with Gasteiger partial charge in [-0.05, 0) is 65.0 Å². The van der Waals surface area contributed by atoms with Gasteiger partial charge in [0.15, 0.2) is 0 Å². The van der Waals surface area contributed by atoms with Crippen molar-refractivity contribution in [3.8, 4) is 16.9 Å². The van der Waals surface area contributed by atoms with Gasteiger partial charge in [0.2, 0.25) is 0 Å². The zero-order chi connectivity index (χ0) is 23.8. The zero-order valence-electron chi connectivity index (χ0n) is 20.5. The molecule has 7 rings (SSSR count). The molecule has 9 nitrogen and oxygen atoms in total. The summed E-state index contributed by atoms with van der Waals surface area (Å²) in [6.07, 6.45) is 5.63. The molecule has 2 aliphatic carbocycles. The van der Waals surface area contributed by atoms with E-state index in [9.17, 15) is 0 Å². The maximum atomic E-state index is 5.85. The van der Waals surface area contributed by atoms with Gasteiger partial charge in [-0.1, -0.05) is 5.16 Å². The minimum Gasteiger partial charge on any atom is -0.496 e. The Morgan fingerprint density at radius 2 is 2.03 bits per heavy atom. The van der Waals surface area contributed by atoms with Crippen LogP contribution in [0.5, 0.6) is 5.75 Å². The lowest BCUT2D eigenvalue weighted by atomic mass is 10.00. The van der Waals surface area contributed by atoms with Crippen molar-refractivity contribution in [2.24, 2.45) is 4.99 Å². The maximum Gasteiger partial charge on any atom is 0.141 e. The van der Waals surface area contributed by atoms with Crippen molar-refractivity contribution in [2.45, 2.75) is 65.1 Å². The normalized spacial score (nSPS) is 18.9. The second kappa shape index (κ2) is 7.37. The summed E-state index contributed by atoms with van der Waals surface area (Å²) in [7, 11) is 1.70. The highest BCUT2D eigenvalue weighted by atomic mass is 16.5. The van der Waals surface area contributed by atoms with E-state index in [4.69, 9.17) is 19.4 Å². The van der Waals surface area contributed by atoms with Crippen LogP contribution in [0.4, 0.5) is 11.6 Å². The fourth-order valence-corrected chi connectivity index (χ4v) is 5.64. The Morgan fingerprint density at radius 1 is 1.17 bits per heavy atom. The van der Waals surface area contributed by atoms with Crippen LogP contribution in [-0.4, -0.2) is 39.0 Å². The fourth-order valence-electron chi connectivity index (χ4n) is 5.64. The molecule has 1 aliphatic heterocycles. The first kappa shape index (κ1) is 20.6. The van der Waals surface area contributed by atoms with Crippen LogP contribution in [0.3, 0.4) is 0 Å². The summed E-state index contributed by atoms with van der Waals surface area (Å²) in [6.45, 7) is 5.95. The van der Waals surface area contributed by atoms with Gasteiger partial charge >= 0.3 is 0 Å². The number of H-pyrrole nitrogens is 1. The lowest BCUT2D eigenvalue weighted by Crippen LogP contribution is -2.28. The Bertz CT molecular complexity index is 1500. The third kappa shape index (κ3) is 3.10. The summed E-state index contributed by atoms with van der Waals surface area (Å²) in [5.41, 5.74) is 7.39. The van der Waals surface area contributed by atoms with E-state index in [0.717, 1.165) is 75.1 Å². The lowest BCUT2D eigenvalue weighted by Gasteiger charge is -2.22. The van der Waals surface area contributed by atoms with E-state index in [2.05, 4.69) is 44.5 Å². The highest BCUT2D eigenvalue weighted by Gasteiger charge is 2.33. The standard InChI is InChI=1S/C26H29N7O2/c1-12-22(13(2)35-32-12)18-10-20-17(11-21(18)34-4)23-24(29-20)27-14(3)28-25(23)30-26-16-6-5-7-19(16)31-33(26)15-8-9-15/h10-11,14-15,27,29H,5-9H2,1-4H3,(H,28,30). The van der Waals surface area contributed by atoms with Crippen LogP contribution in [0.2, 0.25) is 0 Å². The Labute approximate surface area is 202 Å². The molecule has 0 bridgehead atoms. The molecule has 0 spiro atoms. The van der Waals surface area contributed by atoms with Gasteiger partial charge in [0.1, 0.15) is 35.1 Å². The molecule has 4 heterocycles. The number of amidine groups is 1. The second-order valence-corrected chi connectivity index (χ2v) is 9.90. The van der Waals surface area contributed by atoms with Crippen LogP contribution in [0.1, 0.15) is 60.5 Å². The van der Waals surface area contributed by atoms with Crippen molar-refractivity contribution in [3.05, 3.63) is 40.4 Å². The van der Waals surface area contributed by atoms with E-state index in [1.807, 2.05) is 13.8 Å². The molecule has 1 saturated carbocycles. The molecule has 3 aromatic heterocycles. The van der Waals surface area contributed by atoms with Crippen LogP contribution in [0, 0.1) is 13.8 Å². The number of ether oxygens (including phenoxy) is 1. The summed E-state index contributed by atoms with van der Waals surface area (Å²) in [5.74, 6) is 4.48. The minimum atomic E-state index is -0.0627. The molecule has 1 aromatic carbocycles. The van der Waals surface area contributed by atoms with E-state index >= 15 is 0 Å². The highest BCUT2D eigenvalue weighted by molar-refractivity contribution is 6.21.